The molecule has 2 amide bonds. The fourth-order valence-electron chi connectivity index (χ4n) is 3.16. The first-order chi connectivity index (χ1) is 9.19. The van der Waals surface area contributed by atoms with Crippen molar-refractivity contribution in [3.63, 3.8) is 0 Å². The van der Waals surface area contributed by atoms with E-state index in [-0.39, 0.29) is 24.1 Å². The van der Waals surface area contributed by atoms with Crippen molar-refractivity contribution in [2.45, 2.75) is 37.6 Å². The Morgan fingerprint density at radius 2 is 1.95 bits per heavy atom. The maximum absolute atomic E-state index is 12.4. The summed E-state index contributed by atoms with van der Waals surface area (Å²) in [6, 6.07) is 3.27. The van der Waals surface area contributed by atoms with Gasteiger partial charge in [0.2, 0.25) is 0 Å². The molecule has 100 valence electrons. The SMILES string of the molecule is O=C1c2cccnc2C(=O)N1C1(CO)CCCCC1. The minimum absolute atomic E-state index is 0.168. The van der Waals surface area contributed by atoms with E-state index in [2.05, 4.69) is 4.98 Å². The third kappa shape index (κ3) is 1.69. The number of amides is 2. The average molecular weight is 260 g/mol. The summed E-state index contributed by atoms with van der Waals surface area (Å²) in [5.74, 6) is -0.680. The van der Waals surface area contributed by atoms with Gasteiger partial charge in [0.25, 0.3) is 11.8 Å². The lowest BCUT2D eigenvalue weighted by Gasteiger charge is -2.41. The highest BCUT2D eigenvalue weighted by Gasteiger charge is 2.49. The number of imide groups is 1. The molecule has 0 radical (unpaired) electrons. The molecule has 0 unspecified atom stereocenters. The second-order valence-electron chi connectivity index (χ2n) is 5.29. The van der Waals surface area contributed by atoms with Crippen LogP contribution in [-0.4, -0.2) is 39.0 Å². The van der Waals surface area contributed by atoms with Gasteiger partial charge >= 0.3 is 0 Å². The number of nitrogens with zero attached hydrogens (tertiary/aromatic N) is 2. The number of fused-ring (bicyclic) bond motifs is 1. The molecule has 2 aliphatic rings. The quantitative estimate of drug-likeness (QED) is 0.815. The van der Waals surface area contributed by atoms with Crippen molar-refractivity contribution in [3.8, 4) is 0 Å². The van der Waals surface area contributed by atoms with E-state index in [1.54, 1.807) is 12.1 Å². The van der Waals surface area contributed by atoms with Crippen LogP contribution in [0.5, 0.6) is 0 Å². The highest BCUT2D eigenvalue weighted by Crippen LogP contribution is 2.38. The molecule has 19 heavy (non-hydrogen) atoms. The molecule has 0 spiro atoms. The molecule has 3 rings (SSSR count). The normalized spacial score (nSPS) is 21.6. The number of rotatable bonds is 2. The first kappa shape index (κ1) is 12.3. The molecule has 1 aliphatic heterocycles. The molecule has 1 N–H and O–H groups in total. The first-order valence-electron chi connectivity index (χ1n) is 6.64. The molecule has 0 aromatic carbocycles. The second kappa shape index (κ2) is 4.42. The van der Waals surface area contributed by atoms with Gasteiger partial charge in [0, 0.05) is 6.20 Å². The third-order valence-corrected chi connectivity index (χ3v) is 4.20. The van der Waals surface area contributed by atoms with Gasteiger partial charge in [0.1, 0.15) is 5.69 Å². The van der Waals surface area contributed by atoms with Crippen LogP contribution in [0.2, 0.25) is 0 Å². The van der Waals surface area contributed by atoms with E-state index in [0.717, 1.165) is 19.3 Å². The van der Waals surface area contributed by atoms with Crippen LogP contribution in [0, 0.1) is 0 Å². The van der Waals surface area contributed by atoms with Crippen molar-refractivity contribution in [1.82, 2.24) is 9.88 Å². The van der Waals surface area contributed by atoms with E-state index in [1.165, 1.54) is 11.1 Å². The molecule has 2 heterocycles. The summed E-state index contributed by atoms with van der Waals surface area (Å²) in [7, 11) is 0. The van der Waals surface area contributed by atoms with Crippen molar-refractivity contribution in [1.29, 1.82) is 0 Å². The van der Waals surface area contributed by atoms with Crippen molar-refractivity contribution < 1.29 is 14.7 Å². The summed E-state index contributed by atoms with van der Waals surface area (Å²) in [6.07, 6.45) is 5.82. The molecule has 5 nitrogen and oxygen atoms in total. The molecule has 1 aromatic heterocycles. The number of carbonyl (C=O) groups excluding carboxylic acids is 2. The van der Waals surface area contributed by atoms with Crippen LogP contribution in [0.1, 0.15) is 53.0 Å². The zero-order valence-electron chi connectivity index (χ0n) is 10.6. The van der Waals surface area contributed by atoms with Gasteiger partial charge in [0.05, 0.1) is 17.7 Å². The smallest absolute Gasteiger partial charge is 0.280 e. The van der Waals surface area contributed by atoms with Crippen LogP contribution < -0.4 is 0 Å². The Morgan fingerprint density at radius 1 is 1.21 bits per heavy atom. The fraction of sp³-hybridized carbons (Fsp3) is 0.500. The molecule has 5 heteroatoms. The topological polar surface area (TPSA) is 70.5 Å². The number of aromatic nitrogens is 1. The molecule has 0 bridgehead atoms. The number of carbonyl (C=O) groups is 2. The summed E-state index contributed by atoms with van der Waals surface area (Å²) in [5, 5.41) is 9.75. The Bertz CT molecular complexity index is 500. The van der Waals surface area contributed by atoms with Crippen LogP contribution in [-0.2, 0) is 0 Å². The monoisotopic (exact) mass is 260 g/mol. The minimum Gasteiger partial charge on any atom is -0.394 e. The van der Waals surface area contributed by atoms with Crippen molar-refractivity contribution in [2.24, 2.45) is 0 Å². The number of aliphatic hydroxyl groups is 1. The molecular weight excluding hydrogens is 244 g/mol. The van der Waals surface area contributed by atoms with E-state index in [1.807, 2.05) is 0 Å². The van der Waals surface area contributed by atoms with Gasteiger partial charge < -0.3 is 5.11 Å². The van der Waals surface area contributed by atoms with Gasteiger partial charge in [-0.1, -0.05) is 19.3 Å². The average Bonchev–Trinajstić information content (AvgIpc) is 2.73. The molecule has 1 saturated carbocycles. The molecule has 1 fully saturated rings. The van der Waals surface area contributed by atoms with Gasteiger partial charge in [-0.2, -0.15) is 0 Å². The number of aliphatic hydroxyl groups excluding tert-OH is 1. The Balaban J connectivity index is 2.03. The maximum atomic E-state index is 12.4. The maximum Gasteiger partial charge on any atom is 0.280 e. The number of hydrogen-bond donors (Lipinski definition) is 1. The van der Waals surface area contributed by atoms with E-state index in [4.69, 9.17) is 0 Å². The van der Waals surface area contributed by atoms with Gasteiger partial charge in [-0.25, -0.2) is 0 Å². The van der Waals surface area contributed by atoms with E-state index >= 15 is 0 Å². The van der Waals surface area contributed by atoms with Crippen molar-refractivity contribution >= 4 is 11.8 Å². The summed E-state index contributed by atoms with van der Waals surface area (Å²) in [5.41, 5.74) is -0.163. The standard InChI is InChI=1S/C14H16N2O3/c17-9-14(6-2-1-3-7-14)16-12(18)10-5-4-8-15-11(10)13(16)19/h4-5,8,17H,1-3,6-7,9H2. The molecule has 1 aliphatic carbocycles. The highest BCUT2D eigenvalue weighted by molar-refractivity contribution is 6.20. The summed E-state index contributed by atoms with van der Waals surface area (Å²) >= 11 is 0. The predicted octanol–water partition coefficient (Wildman–Crippen LogP) is 1.37. The third-order valence-electron chi connectivity index (χ3n) is 4.20. The van der Waals surface area contributed by atoms with Crippen LogP contribution in [0.15, 0.2) is 18.3 Å². The Kier molecular flexibility index (Phi) is 2.86. The Morgan fingerprint density at radius 3 is 2.58 bits per heavy atom. The lowest BCUT2D eigenvalue weighted by atomic mass is 9.81. The summed E-state index contributed by atoms with van der Waals surface area (Å²) in [6.45, 7) is -0.168. The van der Waals surface area contributed by atoms with Crippen molar-refractivity contribution in [3.05, 3.63) is 29.6 Å². The van der Waals surface area contributed by atoms with Gasteiger partial charge in [-0.3, -0.25) is 19.5 Å². The molecular formula is C14H16N2O3. The number of hydrogen-bond acceptors (Lipinski definition) is 4. The largest absolute Gasteiger partial charge is 0.394 e. The molecule has 0 atom stereocenters. The lowest BCUT2D eigenvalue weighted by Crippen LogP contribution is -2.55. The van der Waals surface area contributed by atoms with E-state index < -0.39 is 5.54 Å². The van der Waals surface area contributed by atoms with Crippen LogP contribution in [0.25, 0.3) is 0 Å². The molecule has 1 aromatic rings. The number of pyridine rings is 1. The van der Waals surface area contributed by atoms with Gasteiger partial charge in [0.15, 0.2) is 0 Å². The zero-order valence-corrected chi connectivity index (χ0v) is 10.6. The van der Waals surface area contributed by atoms with Crippen LogP contribution in [0.3, 0.4) is 0 Å². The summed E-state index contributed by atoms with van der Waals surface area (Å²) < 4.78 is 0. The lowest BCUT2D eigenvalue weighted by molar-refractivity contribution is 0.0112. The molecule has 0 saturated heterocycles. The predicted molar refractivity (Wildman–Crippen MR) is 67.6 cm³/mol. The van der Waals surface area contributed by atoms with Gasteiger partial charge in [-0.05, 0) is 25.0 Å². The Hall–Kier alpha value is -1.75. The van der Waals surface area contributed by atoms with E-state index in [9.17, 15) is 14.7 Å². The minimum atomic E-state index is -0.729. The fourth-order valence-corrected chi connectivity index (χ4v) is 3.16. The van der Waals surface area contributed by atoms with Crippen molar-refractivity contribution in [2.75, 3.05) is 6.61 Å². The highest BCUT2D eigenvalue weighted by atomic mass is 16.3. The summed E-state index contributed by atoms with van der Waals surface area (Å²) in [4.78, 5) is 30.1. The first-order valence-corrected chi connectivity index (χ1v) is 6.64. The van der Waals surface area contributed by atoms with Gasteiger partial charge in [-0.15, -0.1) is 0 Å². The second-order valence-corrected chi connectivity index (χ2v) is 5.29. The van der Waals surface area contributed by atoms with E-state index in [0.29, 0.717) is 18.4 Å². The Labute approximate surface area is 111 Å². The van der Waals surface area contributed by atoms with Crippen LogP contribution in [0.4, 0.5) is 0 Å². The van der Waals surface area contributed by atoms with Crippen LogP contribution >= 0.6 is 0 Å². The zero-order chi connectivity index (χ0) is 13.5.